The van der Waals surface area contributed by atoms with Gasteiger partial charge in [0.1, 0.15) is 5.92 Å². The van der Waals surface area contributed by atoms with Crippen LogP contribution in [0.15, 0.2) is 30.3 Å². The van der Waals surface area contributed by atoms with Crippen LogP contribution in [0.3, 0.4) is 0 Å². The van der Waals surface area contributed by atoms with Crippen LogP contribution in [-0.4, -0.2) is 36.3 Å². The van der Waals surface area contributed by atoms with Gasteiger partial charge in [-0.15, -0.1) is 0 Å². The highest BCUT2D eigenvalue weighted by Crippen LogP contribution is 2.16. The molecule has 0 aromatic heterocycles. The number of carbonyl (C=O) groups excluding carboxylic acids is 2. The fraction of sp³-hybridized carbons (Fsp3) is 0.400. The van der Waals surface area contributed by atoms with Crippen molar-refractivity contribution < 1.29 is 9.59 Å². The van der Waals surface area contributed by atoms with Crippen LogP contribution < -0.4 is 5.32 Å². The first-order valence-corrected chi connectivity index (χ1v) is 6.60. The molecule has 5 heteroatoms. The average molecular weight is 271 g/mol. The Kier molecular flexibility index (Phi) is 4.36. The lowest BCUT2D eigenvalue weighted by Crippen LogP contribution is -2.49. The normalized spacial score (nSPS) is 20.1. The van der Waals surface area contributed by atoms with Crippen molar-refractivity contribution in [2.75, 3.05) is 13.6 Å². The van der Waals surface area contributed by atoms with Crippen molar-refractivity contribution in [1.29, 1.82) is 5.26 Å². The van der Waals surface area contributed by atoms with Crippen molar-refractivity contribution in [3.05, 3.63) is 35.9 Å². The molecule has 1 aromatic rings. The Balaban J connectivity index is 2.01. The van der Waals surface area contributed by atoms with Gasteiger partial charge in [0, 0.05) is 26.1 Å². The molecular weight excluding hydrogens is 254 g/mol. The molecule has 104 valence electrons. The number of amides is 2. The molecule has 0 aliphatic carbocycles. The van der Waals surface area contributed by atoms with Crippen molar-refractivity contribution in [2.24, 2.45) is 0 Å². The van der Waals surface area contributed by atoms with Gasteiger partial charge in [-0.1, -0.05) is 30.3 Å². The summed E-state index contributed by atoms with van der Waals surface area (Å²) in [6.45, 7) is 0.498. The van der Waals surface area contributed by atoms with Crippen LogP contribution in [0.2, 0.25) is 0 Å². The Hall–Kier alpha value is -2.35. The second-order valence-corrected chi connectivity index (χ2v) is 4.99. The third-order valence-electron chi connectivity index (χ3n) is 3.50. The van der Waals surface area contributed by atoms with Crippen molar-refractivity contribution >= 4 is 11.8 Å². The number of nitrogens with zero attached hydrogens (tertiary/aromatic N) is 2. The zero-order chi connectivity index (χ0) is 14.5. The molecule has 20 heavy (non-hydrogen) atoms. The zero-order valence-corrected chi connectivity index (χ0v) is 11.4. The minimum Gasteiger partial charge on any atom is -0.350 e. The Morgan fingerprint density at radius 2 is 2.15 bits per heavy atom. The number of likely N-dealkylation sites (tertiary alicyclic amines) is 1. The van der Waals surface area contributed by atoms with Crippen molar-refractivity contribution in [1.82, 2.24) is 10.2 Å². The lowest BCUT2D eigenvalue weighted by atomic mass is 9.98. The van der Waals surface area contributed by atoms with Crippen LogP contribution in [0.1, 0.15) is 24.3 Å². The summed E-state index contributed by atoms with van der Waals surface area (Å²) in [7, 11) is 1.72. The van der Waals surface area contributed by atoms with E-state index in [9.17, 15) is 14.9 Å². The Morgan fingerprint density at radius 1 is 1.45 bits per heavy atom. The van der Waals surface area contributed by atoms with Gasteiger partial charge in [-0.05, 0) is 12.0 Å². The topological polar surface area (TPSA) is 73.2 Å². The van der Waals surface area contributed by atoms with Gasteiger partial charge in [0.15, 0.2) is 0 Å². The largest absolute Gasteiger partial charge is 0.350 e. The van der Waals surface area contributed by atoms with Gasteiger partial charge >= 0.3 is 0 Å². The summed E-state index contributed by atoms with van der Waals surface area (Å²) in [5.74, 6) is -1.01. The Morgan fingerprint density at radius 3 is 2.75 bits per heavy atom. The van der Waals surface area contributed by atoms with E-state index in [1.807, 2.05) is 12.1 Å². The molecule has 2 unspecified atom stereocenters. The molecule has 1 aliphatic rings. The van der Waals surface area contributed by atoms with Crippen LogP contribution in [0.25, 0.3) is 0 Å². The van der Waals surface area contributed by atoms with E-state index in [0.29, 0.717) is 24.9 Å². The lowest BCUT2D eigenvalue weighted by molar-refractivity contribution is -0.134. The summed E-state index contributed by atoms with van der Waals surface area (Å²) >= 11 is 0. The second kappa shape index (κ2) is 6.20. The number of hydrogen-bond acceptors (Lipinski definition) is 3. The minimum absolute atomic E-state index is 0.0789. The molecule has 1 saturated heterocycles. The van der Waals surface area contributed by atoms with Gasteiger partial charge in [0.25, 0.3) is 0 Å². The summed E-state index contributed by atoms with van der Waals surface area (Å²) < 4.78 is 0. The van der Waals surface area contributed by atoms with E-state index < -0.39 is 5.92 Å². The van der Waals surface area contributed by atoms with Gasteiger partial charge in [-0.2, -0.15) is 5.26 Å². The molecule has 0 radical (unpaired) electrons. The first-order valence-electron chi connectivity index (χ1n) is 6.60. The molecule has 1 aliphatic heterocycles. The van der Waals surface area contributed by atoms with E-state index in [4.69, 9.17) is 0 Å². The average Bonchev–Trinajstić information content (AvgIpc) is 2.45. The molecule has 5 nitrogen and oxygen atoms in total. The van der Waals surface area contributed by atoms with E-state index in [1.54, 1.807) is 36.2 Å². The summed E-state index contributed by atoms with van der Waals surface area (Å²) in [5.41, 5.74) is 0.688. The van der Waals surface area contributed by atoms with Gasteiger partial charge in [0.05, 0.1) is 6.07 Å². The Bertz CT molecular complexity index is 536. The predicted octanol–water partition coefficient (Wildman–Crippen LogP) is 1.03. The highest BCUT2D eigenvalue weighted by Gasteiger charge is 2.27. The summed E-state index contributed by atoms with van der Waals surface area (Å²) in [6.07, 6.45) is 1.06. The molecule has 1 aromatic carbocycles. The van der Waals surface area contributed by atoms with Crippen LogP contribution in [-0.2, 0) is 9.59 Å². The molecular formula is C15H17N3O2. The molecule has 1 fully saturated rings. The quantitative estimate of drug-likeness (QED) is 0.892. The van der Waals surface area contributed by atoms with Crippen LogP contribution >= 0.6 is 0 Å². The van der Waals surface area contributed by atoms with Crippen molar-refractivity contribution in [3.63, 3.8) is 0 Å². The van der Waals surface area contributed by atoms with Crippen molar-refractivity contribution in [2.45, 2.75) is 24.8 Å². The second-order valence-electron chi connectivity index (χ2n) is 4.99. The van der Waals surface area contributed by atoms with Gasteiger partial charge < -0.3 is 10.2 Å². The molecule has 1 N–H and O–H groups in total. The van der Waals surface area contributed by atoms with Gasteiger partial charge in [-0.3, -0.25) is 9.59 Å². The zero-order valence-electron chi connectivity index (χ0n) is 11.4. The maximum atomic E-state index is 12.2. The standard InChI is InChI=1S/C15H17N3O2/c1-18-10-12(7-8-14(18)19)17-15(20)13(9-16)11-5-3-2-4-6-11/h2-6,12-13H,7-8,10H2,1H3,(H,17,20). The molecule has 0 bridgehead atoms. The van der Waals surface area contributed by atoms with Crippen molar-refractivity contribution in [3.8, 4) is 6.07 Å². The summed E-state index contributed by atoms with van der Waals surface area (Å²) in [6, 6.07) is 10.9. The monoisotopic (exact) mass is 271 g/mol. The number of piperidine rings is 1. The van der Waals surface area contributed by atoms with E-state index in [-0.39, 0.29) is 17.9 Å². The third kappa shape index (κ3) is 3.15. The number of likely N-dealkylation sites (N-methyl/N-ethyl adjacent to an activating group) is 1. The van der Waals surface area contributed by atoms with E-state index in [1.165, 1.54) is 0 Å². The number of nitriles is 1. The van der Waals surface area contributed by atoms with Gasteiger partial charge in [-0.25, -0.2) is 0 Å². The molecule has 2 rings (SSSR count). The molecule has 2 amide bonds. The van der Waals surface area contributed by atoms with Crippen LogP contribution in [0.4, 0.5) is 0 Å². The molecule has 0 spiro atoms. The molecule has 1 heterocycles. The number of hydrogen-bond donors (Lipinski definition) is 1. The Labute approximate surface area is 118 Å². The number of carbonyl (C=O) groups is 2. The number of nitrogens with one attached hydrogen (secondary N) is 1. The SMILES string of the molecule is CN1CC(NC(=O)C(C#N)c2ccccc2)CCC1=O. The van der Waals surface area contributed by atoms with Gasteiger partial charge in [0.2, 0.25) is 11.8 Å². The van der Waals surface area contributed by atoms with E-state index in [0.717, 1.165) is 0 Å². The van der Waals surface area contributed by atoms with E-state index >= 15 is 0 Å². The van der Waals surface area contributed by atoms with Crippen LogP contribution in [0, 0.1) is 11.3 Å². The first-order chi connectivity index (χ1) is 9.61. The maximum absolute atomic E-state index is 12.2. The smallest absolute Gasteiger partial charge is 0.242 e. The maximum Gasteiger partial charge on any atom is 0.242 e. The highest BCUT2D eigenvalue weighted by atomic mass is 16.2. The summed E-state index contributed by atoms with van der Waals surface area (Å²) in [4.78, 5) is 25.2. The third-order valence-corrected chi connectivity index (χ3v) is 3.50. The predicted molar refractivity (Wildman–Crippen MR) is 73.6 cm³/mol. The fourth-order valence-corrected chi connectivity index (χ4v) is 2.34. The molecule has 2 atom stereocenters. The number of benzene rings is 1. The minimum atomic E-state index is -0.806. The highest BCUT2D eigenvalue weighted by molar-refractivity contribution is 5.87. The summed E-state index contributed by atoms with van der Waals surface area (Å²) in [5, 5.41) is 12.1. The first kappa shape index (κ1) is 14.1. The number of rotatable bonds is 3. The van der Waals surface area contributed by atoms with Crippen LogP contribution in [0.5, 0.6) is 0 Å². The fourth-order valence-electron chi connectivity index (χ4n) is 2.34. The lowest BCUT2D eigenvalue weighted by Gasteiger charge is -2.30. The molecule has 0 saturated carbocycles. The van der Waals surface area contributed by atoms with E-state index in [2.05, 4.69) is 5.32 Å².